The van der Waals surface area contributed by atoms with Crippen LogP contribution < -0.4 is 15.2 Å². The first-order valence-electron chi connectivity index (χ1n) is 6.17. The minimum atomic E-state index is 0.570. The van der Waals surface area contributed by atoms with Crippen molar-refractivity contribution < 1.29 is 9.47 Å². The lowest BCUT2D eigenvalue weighted by atomic mass is 10.1. The van der Waals surface area contributed by atoms with Gasteiger partial charge in [-0.15, -0.1) is 0 Å². The van der Waals surface area contributed by atoms with Crippen molar-refractivity contribution in [3.05, 3.63) is 29.7 Å². The van der Waals surface area contributed by atoms with E-state index < -0.39 is 0 Å². The quantitative estimate of drug-likeness (QED) is 0.862. The van der Waals surface area contributed by atoms with Crippen molar-refractivity contribution in [2.45, 2.75) is 13.3 Å². The third-order valence-corrected chi connectivity index (χ3v) is 2.95. The zero-order chi connectivity index (χ0) is 13.8. The lowest BCUT2D eigenvalue weighted by molar-refractivity contribution is 0.404. The van der Waals surface area contributed by atoms with Crippen molar-refractivity contribution in [3.8, 4) is 22.8 Å². The molecule has 1 aromatic heterocycles. The molecule has 0 saturated carbocycles. The van der Waals surface area contributed by atoms with Gasteiger partial charge in [0.05, 0.1) is 19.9 Å². The van der Waals surface area contributed by atoms with Crippen molar-refractivity contribution in [2.24, 2.45) is 5.73 Å². The molecule has 0 saturated heterocycles. The molecular formula is C14H19N3O2. The minimum absolute atomic E-state index is 0.570. The molecule has 2 rings (SSSR count). The molecule has 0 atom stereocenters. The number of hydrogen-bond donors (Lipinski definition) is 2. The summed E-state index contributed by atoms with van der Waals surface area (Å²) < 4.78 is 10.7. The minimum Gasteiger partial charge on any atom is -0.497 e. The van der Waals surface area contributed by atoms with Crippen LogP contribution in [0.5, 0.6) is 11.5 Å². The van der Waals surface area contributed by atoms with Crippen molar-refractivity contribution in [1.29, 1.82) is 0 Å². The average molecular weight is 261 g/mol. The van der Waals surface area contributed by atoms with Crippen LogP contribution in [0.25, 0.3) is 11.3 Å². The van der Waals surface area contributed by atoms with Crippen LogP contribution in [0, 0.1) is 6.92 Å². The van der Waals surface area contributed by atoms with Crippen LogP contribution in [-0.2, 0) is 6.42 Å². The van der Waals surface area contributed by atoms with Gasteiger partial charge < -0.3 is 20.2 Å². The van der Waals surface area contributed by atoms with Crippen molar-refractivity contribution in [1.82, 2.24) is 9.97 Å². The number of rotatable bonds is 5. The molecule has 5 heteroatoms. The van der Waals surface area contributed by atoms with E-state index in [2.05, 4.69) is 9.97 Å². The number of imidazole rings is 1. The summed E-state index contributed by atoms with van der Waals surface area (Å²) in [7, 11) is 3.29. The largest absolute Gasteiger partial charge is 0.497 e. The molecule has 0 fully saturated rings. The van der Waals surface area contributed by atoms with Crippen LogP contribution >= 0.6 is 0 Å². The number of aromatic amines is 1. The van der Waals surface area contributed by atoms with Gasteiger partial charge >= 0.3 is 0 Å². The van der Waals surface area contributed by atoms with Gasteiger partial charge in [-0.25, -0.2) is 4.98 Å². The Kier molecular flexibility index (Phi) is 4.06. The van der Waals surface area contributed by atoms with E-state index in [1.807, 2.05) is 25.1 Å². The number of ether oxygens (including phenoxy) is 2. The number of nitrogens with zero attached hydrogens (tertiary/aromatic N) is 1. The molecule has 0 aliphatic rings. The van der Waals surface area contributed by atoms with Crippen molar-refractivity contribution >= 4 is 0 Å². The maximum atomic E-state index is 5.64. The lowest BCUT2D eigenvalue weighted by Gasteiger charge is -2.10. The van der Waals surface area contributed by atoms with Gasteiger partial charge in [-0.3, -0.25) is 0 Å². The summed E-state index contributed by atoms with van der Waals surface area (Å²) in [4.78, 5) is 7.78. The third kappa shape index (κ3) is 2.71. The molecule has 1 aromatic carbocycles. The fourth-order valence-electron chi connectivity index (χ4n) is 2.09. The van der Waals surface area contributed by atoms with Crippen LogP contribution in [-0.4, -0.2) is 30.7 Å². The SMILES string of the molecule is COc1ccc(OC)c(-c2nc(C)[nH]c2CCN)c1. The van der Waals surface area contributed by atoms with Crippen LogP contribution in [0.15, 0.2) is 18.2 Å². The van der Waals surface area contributed by atoms with Gasteiger partial charge in [0.25, 0.3) is 0 Å². The first-order chi connectivity index (χ1) is 9.19. The van der Waals surface area contributed by atoms with E-state index >= 15 is 0 Å². The molecule has 0 amide bonds. The zero-order valence-electron chi connectivity index (χ0n) is 11.5. The Morgan fingerprint density at radius 3 is 2.68 bits per heavy atom. The Balaban J connectivity index is 2.55. The third-order valence-electron chi connectivity index (χ3n) is 2.95. The van der Waals surface area contributed by atoms with Gasteiger partial charge in [-0.2, -0.15) is 0 Å². The van der Waals surface area contributed by atoms with Gasteiger partial charge in [0.1, 0.15) is 17.3 Å². The molecule has 2 aromatic rings. The highest BCUT2D eigenvalue weighted by Crippen LogP contribution is 2.34. The molecule has 0 aliphatic heterocycles. The molecule has 0 aliphatic carbocycles. The van der Waals surface area contributed by atoms with Crippen LogP contribution in [0.1, 0.15) is 11.5 Å². The van der Waals surface area contributed by atoms with E-state index in [-0.39, 0.29) is 0 Å². The van der Waals surface area contributed by atoms with Gasteiger partial charge in [0, 0.05) is 17.7 Å². The highest BCUT2D eigenvalue weighted by molar-refractivity contribution is 5.71. The molecule has 5 nitrogen and oxygen atoms in total. The number of aryl methyl sites for hydroxylation is 1. The second-order valence-electron chi connectivity index (χ2n) is 4.25. The average Bonchev–Trinajstić information content (AvgIpc) is 2.79. The number of benzene rings is 1. The molecular weight excluding hydrogens is 242 g/mol. The Morgan fingerprint density at radius 2 is 2.05 bits per heavy atom. The first-order valence-corrected chi connectivity index (χ1v) is 6.17. The molecule has 0 unspecified atom stereocenters. The topological polar surface area (TPSA) is 73.2 Å². The molecule has 0 bridgehead atoms. The van der Waals surface area contributed by atoms with E-state index in [1.165, 1.54) is 0 Å². The second kappa shape index (κ2) is 5.75. The summed E-state index contributed by atoms with van der Waals surface area (Å²) >= 11 is 0. The summed E-state index contributed by atoms with van der Waals surface area (Å²) in [6, 6.07) is 5.67. The summed E-state index contributed by atoms with van der Waals surface area (Å²) in [5.41, 5.74) is 8.45. The van der Waals surface area contributed by atoms with Crippen molar-refractivity contribution in [2.75, 3.05) is 20.8 Å². The van der Waals surface area contributed by atoms with Gasteiger partial charge in [0.15, 0.2) is 0 Å². The van der Waals surface area contributed by atoms with Crippen LogP contribution in [0.4, 0.5) is 0 Å². The number of aromatic nitrogens is 2. The molecule has 19 heavy (non-hydrogen) atoms. The van der Waals surface area contributed by atoms with E-state index in [4.69, 9.17) is 15.2 Å². The van der Waals surface area contributed by atoms with E-state index in [0.29, 0.717) is 6.54 Å². The first kappa shape index (κ1) is 13.4. The molecule has 0 spiro atoms. The zero-order valence-corrected chi connectivity index (χ0v) is 11.5. The number of hydrogen-bond acceptors (Lipinski definition) is 4. The summed E-state index contributed by atoms with van der Waals surface area (Å²) in [5.74, 6) is 2.41. The summed E-state index contributed by atoms with van der Waals surface area (Å²) in [6.45, 7) is 2.50. The monoisotopic (exact) mass is 261 g/mol. The maximum absolute atomic E-state index is 5.64. The molecule has 102 valence electrons. The predicted octanol–water partition coefficient (Wildman–Crippen LogP) is 1.90. The van der Waals surface area contributed by atoms with Gasteiger partial charge in [-0.05, 0) is 31.7 Å². The second-order valence-corrected chi connectivity index (χ2v) is 4.25. The van der Waals surface area contributed by atoms with E-state index in [0.717, 1.165) is 40.7 Å². The van der Waals surface area contributed by atoms with Gasteiger partial charge in [-0.1, -0.05) is 0 Å². The van der Waals surface area contributed by atoms with E-state index in [9.17, 15) is 0 Å². The maximum Gasteiger partial charge on any atom is 0.128 e. The molecule has 3 N–H and O–H groups in total. The Morgan fingerprint density at radius 1 is 1.26 bits per heavy atom. The van der Waals surface area contributed by atoms with E-state index in [1.54, 1.807) is 14.2 Å². The highest BCUT2D eigenvalue weighted by Gasteiger charge is 2.15. The highest BCUT2D eigenvalue weighted by atomic mass is 16.5. The van der Waals surface area contributed by atoms with Crippen LogP contribution in [0.2, 0.25) is 0 Å². The molecule has 1 heterocycles. The number of nitrogens with one attached hydrogen (secondary N) is 1. The molecule has 0 radical (unpaired) electrons. The lowest BCUT2D eigenvalue weighted by Crippen LogP contribution is -2.04. The van der Waals surface area contributed by atoms with Crippen LogP contribution in [0.3, 0.4) is 0 Å². The number of methoxy groups -OCH3 is 2. The Labute approximate surface area is 112 Å². The fraction of sp³-hybridized carbons (Fsp3) is 0.357. The summed E-state index contributed by atoms with van der Waals surface area (Å²) in [5, 5.41) is 0. The number of H-pyrrole nitrogens is 1. The predicted molar refractivity (Wildman–Crippen MR) is 74.6 cm³/mol. The normalized spacial score (nSPS) is 10.5. The Bertz CT molecular complexity index is 564. The fourth-order valence-corrected chi connectivity index (χ4v) is 2.09. The standard InChI is InChI=1S/C14H19N3O2/c1-9-16-12(6-7-15)14(17-9)11-8-10(18-2)4-5-13(11)19-3/h4-5,8H,6-7,15H2,1-3H3,(H,16,17). The van der Waals surface area contributed by atoms with Crippen molar-refractivity contribution in [3.63, 3.8) is 0 Å². The number of nitrogens with two attached hydrogens (primary N) is 1. The summed E-state index contributed by atoms with van der Waals surface area (Å²) in [6.07, 6.45) is 0.747. The smallest absolute Gasteiger partial charge is 0.128 e. The van der Waals surface area contributed by atoms with Gasteiger partial charge in [0.2, 0.25) is 0 Å². The Hall–Kier alpha value is -2.01.